The largest absolute Gasteiger partial charge is 0.421 e. The monoisotopic (exact) mass is 506 g/mol. The molecule has 0 radical (unpaired) electrons. The quantitative estimate of drug-likeness (QED) is 0.632. The molecule has 1 saturated heterocycles. The second-order valence-electron chi connectivity index (χ2n) is 7.64. The summed E-state index contributed by atoms with van der Waals surface area (Å²) >= 11 is 6.04. The fourth-order valence-electron chi connectivity index (χ4n) is 3.24. The number of sulfonamides is 1. The van der Waals surface area contributed by atoms with Crippen LogP contribution in [0.5, 0.6) is 0 Å². The van der Waals surface area contributed by atoms with Crippen molar-refractivity contribution in [2.45, 2.75) is 36.6 Å². The Morgan fingerprint density at radius 1 is 1.21 bits per heavy atom. The summed E-state index contributed by atoms with van der Waals surface area (Å²) in [6, 6.07) is 2.15. The lowest BCUT2D eigenvalue weighted by molar-refractivity contribution is -0.259. The van der Waals surface area contributed by atoms with Crippen molar-refractivity contribution in [3.63, 3.8) is 0 Å². The molecule has 0 aliphatic carbocycles. The number of hydrogen-bond donors (Lipinski definition) is 2. The van der Waals surface area contributed by atoms with Crippen LogP contribution in [0.3, 0.4) is 0 Å². The van der Waals surface area contributed by atoms with E-state index >= 15 is 0 Å². The Morgan fingerprint density at radius 2 is 1.85 bits per heavy atom. The fourth-order valence-corrected chi connectivity index (χ4v) is 4.78. The normalized spacial score (nSPS) is 20.5. The molecule has 1 aliphatic heterocycles. The van der Waals surface area contributed by atoms with Crippen LogP contribution in [0, 0.1) is 0 Å². The molecule has 1 aliphatic rings. The van der Waals surface area contributed by atoms with Crippen LogP contribution in [-0.4, -0.2) is 64.6 Å². The molecule has 3 rings (SSSR count). The molecule has 0 unspecified atom stereocenters. The number of nitrogens with zero attached hydrogens (tertiary/aromatic N) is 5. The van der Waals surface area contributed by atoms with Gasteiger partial charge in [-0.2, -0.15) is 17.5 Å². The van der Waals surface area contributed by atoms with E-state index in [1.165, 1.54) is 22.6 Å². The molecule has 3 heterocycles. The predicted octanol–water partition coefficient (Wildman–Crippen LogP) is 2.25. The number of hydrogen-bond acceptors (Lipinski definition) is 8. The minimum absolute atomic E-state index is 0.0118. The number of nitrogens with two attached hydrogens (primary N) is 1. The molecule has 0 aromatic carbocycles. The van der Waals surface area contributed by atoms with Gasteiger partial charge in [0.15, 0.2) is 5.60 Å². The Morgan fingerprint density at radius 3 is 2.36 bits per heavy atom. The Labute approximate surface area is 193 Å². The van der Waals surface area contributed by atoms with Gasteiger partial charge in [-0.05, 0) is 32.1 Å². The molecular formula is C19H22ClF3N6O3S. The average molecular weight is 507 g/mol. The molecular weight excluding hydrogens is 485 g/mol. The summed E-state index contributed by atoms with van der Waals surface area (Å²) < 4.78 is 66.6. The molecule has 2 atom stereocenters. The zero-order chi connectivity index (χ0) is 24.6. The number of rotatable bonds is 5. The van der Waals surface area contributed by atoms with Crippen LogP contribution >= 0.6 is 11.6 Å². The number of aliphatic hydroxyl groups is 1. The Balaban J connectivity index is 1.88. The average Bonchev–Trinajstić information content (AvgIpc) is 2.73. The third-order valence-corrected chi connectivity index (χ3v) is 7.18. The SMILES string of the molecule is C/C(Cl)=C/[C@H]1CN(S(=O)(=O)c2ccc(N)nc2)CCN1c1ncc([C@](C)(O)C(F)(F)F)cn1. The minimum atomic E-state index is -4.91. The van der Waals surface area contributed by atoms with E-state index in [1.54, 1.807) is 17.9 Å². The number of alkyl halides is 3. The van der Waals surface area contributed by atoms with Crippen molar-refractivity contribution in [3.8, 4) is 0 Å². The molecule has 3 N–H and O–H groups in total. The van der Waals surface area contributed by atoms with E-state index in [0.717, 1.165) is 12.4 Å². The summed E-state index contributed by atoms with van der Waals surface area (Å²) in [7, 11) is -3.88. The Bertz CT molecular complexity index is 1120. The van der Waals surface area contributed by atoms with Gasteiger partial charge < -0.3 is 15.7 Å². The number of nitrogen functional groups attached to an aromatic ring is 1. The van der Waals surface area contributed by atoms with E-state index < -0.39 is 33.4 Å². The van der Waals surface area contributed by atoms with Gasteiger partial charge in [-0.3, -0.25) is 0 Å². The van der Waals surface area contributed by atoms with Crippen LogP contribution in [0.1, 0.15) is 19.4 Å². The van der Waals surface area contributed by atoms with Crippen molar-refractivity contribution in [1.29, 1.82) is 0 Å². The first-order chi connectivity index (χ1) is 15.2. The number of anilines is 2. The number of aromatic nitrogens is 3. The zero-order valence-corrected chi connectivity index (χ0v) is 19.2. The van der Waals surface area contributed by atoms with Crippen molar-refractivity contribution < 1.29 is 26.7 Å². The highest BCUT2D eigenvalue weighted by Gasteiger charge is 2.51. The summed E-state index contributed by atoms with van der Waals surface area (Å²) in [5.41, 5.74) is 1.90. The Kier molecular flexibility index (Phi) is 6.89. The fraction of sp³-hybridized carbons (Fsp3) is 0.421. The van der Waals surface area contributed by atoms with Gasteiger partial charge in [-0.1, -0.05) is 11.6 Å². The number of pyridine rings is 1. The second kappa shape index (κ2) is 9.05. The molecule has 0 bridgehead atoms. The van der Waals surface area contributed by atoms with Crippen LogP contribution in [0.25, 0.3) is 0 Å². The third kappa shape index (κ3) is 5.21. The van der Waals surface area contributed by atoms with E-state index in [9.17, 15) is 26.7 Å². The molecule has 0 saturated carbocycles. The van der Waals surface area contributed by atoms with E-state index in [2.05, 4.69) is 15.0 Å². The highest BCUT2D eigenvalue weighted by atomic mass is 35.5. The first kappa shape index (κ1) is 25.1. The van der Waals surface area contributed by atoms with Crippen LogP contribution < -0.4 is 10.6 Å². The number of allylic oxidation sites excluding steroid dienone is 1. The van der Waals surface area contributed by atoms with Crippen molar-refractivity contribution >= 4 is 33.4 Å². The zero-order valence-electron chi connectivity index (χ0n) is 17.7. The van der Waals surface area contributed by atoms with Gasteiger partial charge >= 0.3 is 6.18 Å². The molecule has 0 amide bonds. The van der Waals surface area contributed by atoms with E-state index in [0.29, 0.717) is 12.0 Å². The van der Waals surface area contributed by atoms with Crippen molar-refractivity contribution in [1.82, 2.24) is 19.3 Å². The smallest absolute Gasteiger partial charge is 0.384 e. The first-order valence-corrected chi connectivity index (χ1v) is 11.5. The molecule has 2 aromatic heterocycles. The minimum Gasteiger partial charge on any atom is -0.384 e. The topological polar surface area (TPSA) is 126 Å². The van der Waals surface area contributed by atoms with E-state index in [-0.39, 0.29) is 36.3 Å². The molecule has 14 heteroatoms. The second-order valence-corrected chi connectivity index (χ2v) is 10.2. The van der Waals surface area contributed by atoms with Gasteiger partial charge in [0, 0.05) is 48.8 Å². The third-order valence-electron chi connectivity index (χ3n) is 5.21. The lowest BCUT2D eigenvalue weighted by Crippen LogP contribution is -2.54. The van der Waals surface area contributed by atoms with Crippen molar-refractivity contribution in [3.05, 3.63) is 47.4 Å². The maximum Gasteiger partial charge on any atom is 0.421 e. The van der Waals surface area contributed by atoms with Crippen LogP contribution in [0.15, 0.2) is 46.7 Å². The van der Waals surface area contributed by atoms with Crippen LogP contribution in [0.4, 0.5) is 24.9 Å². The maximum atomic E-state index is 13.1. The highest BCUT2D eigenvalue weighted by Crippen LogP contribution is 2.38. The molecule has 9 nitrogen and oxygen atoms in total. The summed E-state index contributed by atoms with van der Waals surface area (Å²) in [4.78, 5) is 13.4. The summed E-state index contributed by atoms with van der Waals surface area (Å²) in [6.07, 6.45) is -0.340. The standard InChI is InChI=1S/C19H22ClF3N6O3S/c1-12(20)7-14-11-28(33(31,32)15-3-4-16(24)25-10-15)5-6-29(14)17-26-8-13(9-27-17)18(2,30)19(21,22)23/h3-4,7-10,14,30H,5-6,11H2,1-2H3,(H2,24,25)/b12-7-/t14-,18-/m0/s1. The lowest BCUT2D eigenvalue weighted by Gasteiger charge is -2.39. The van der Waals surface area contributed by atoms with E-state index in [4.69, 9.17) is 17.3 Å². The molecule has 180 valence electrons. The number of piperazine rings is 1. The summed E-state index contributed by atoms with van der Waals surface area (Å²) in [6.45, 7) is 2.42. The van der Waals surface area contributed by atoms with Gasteiger partial charge in [0.25, 0.3) is 0 Å². The van der Waals surface area contributed by atoms with Gasteiger partial charge in [0.05, 0.1) is 6.04 Å². The van der Waals surface area contributed by atoms with Gasteiger partial charge in [-0.25, -0.2) is 23.4 Å². The molecule has 1 fully saturated rings. The predicted molar refractivity (Wildman–Crippen MR) is 116 cm³/mol. The van der Waals surface area contributed by atoms with Crippen LogP contribution in [-0.2, 0) is 15.6 Å². The van der Waals surface area contributed by atoms with Crippen molar-refractivity contribution in [2.75, 3.05) is 30.3 Å². The van der Waals surface area contributed by atoms with Gasteiger partial charge in [0.1, 0.15) is 10.7 Å². The van der Waals surface area contributed by atoms with E-state index in [1.807, 2.05) is 0 Å². The van der Waals surface area contributed by atoms with Crippen molar-refractivity contribution in [2.24, 2.45) is 0 Å². The summed E-state index contributed by atoms with van der Waals surface area (Å²) in [5, 5.41) is 10.2. The highest BCUT2D eigenvalue weighted by molar-refractivity contribution is 7.89. The molecule has 0 spiro atoms. The molecule has 33 heavy (non-hydrogen) atoms. The molecule has 2 aromatic rings. The van der Waals surface area contributed by atoms with Crippen LogP contribution in [0.2, 0.25) is 0 Å². The lowest BCUT2D eigenvalue weighted by atomic mass is 9.99. The summed E-state index contributed by atoms with van der Waals surface area (Å²) in [5.74, 6) is 0.254. The first-order valence-electron chi connectivity index (χ1n) is 9.67. The number of halogens is 4. The Hall–Kier alpha value is -2.48. The van der Waals surface area contributed by atoms with Gasteiger partial charge in [-0.15, -0.1) is 0 Å². The van der Waals surface area contributed by atoms with Gasteiger partial charge in [0.2, 0.25) is 16.0 Å². The maximum absolute atomic E-state index is 13.1.